The molecule has 0 heterocycles. The Labute approximate surface area is 268 Å². The number of hydrogen-bond donors (Lipinski definition) is 0. The predicted molar refractivity (Wildman–Crippen MR) is 172 cm³/mol. The van der Waals surface area contributed by atoms with E-state index >= 15 is 0 Å². The second kappa shape index (κ2) is 15.1. The summed E-state index contributed by atoms with van der Waals surface area (Å²) in [4.78, 5) is 0. The number of hydrogen-bond acceptors (Lipinski definition) is 2. The predicted octanol–water partition coefficient (Wildman–Crippen LogP) is 9.31. The molecule has 6 aromatic carbocycles. The van der Waals surface area contributed by atoms with Crippen molar-refractivity contribution < 1.29 is 29.7 Å². The molecule has 0 unspecified atom stereocenters. The van der Waals surface area contributed by atoms with E-state index < -0.39 is 0 Å². The Balaban J connectivity index is 0.000000192. The zero-order chi connectivity index (χ0) is 29.3. The van der Waals surface area contributed by atoms with Gasteiger partial charge in [-0.1, -0.05) is 171 Å². The van der Waals surface area contributed by atoms with Crippen LogP contribution in [0.2, 0.25) is 0 Å². The molecule has 6 rings (SSSR count). The largest absolute Gasteiger partial charge is 2.00 e. The van der Waals surface area contributed by atoms with Gasteiger partial charge in [0, 0.05) is 0 Å². The summed E-state index contributed by atoms with van der Waals surface area (Å²) in [6.07, 6.45) is 1.71. The van der Waals surface area contributed by atoms with Crippen LogP contribution in [0.15, 0.2) is 146 Å². The molecular formula is C40H34O2Zn. The van der Waals surface area contributed by atoms with Crippen LogP contribution in [0.3, 0.4) is 0 Å². The van der Waals surface area contributed by atoms with Gasteiger partial charge in [-0.15, -0.1) is 0 Å². The van der Waals surface area contributed by atoms with Crippen molar-refractivity contribution in [2.75, 3.05) is 0 Å². The third-order valence-corrected chi connectivity index (χ3v) is 7.54. The zero-order valence-electron chi connectivity index (χ0n) is 24.8. The first-order valence-electron chi connectivity index (χ1n) is 14.5. The summed E-state index contributed by atoms with van der Waals surface area (Å²) in [5.74, 6) is 0.235. The fourth-order valence-corrected chi connectivity index (χ4v) is 5.37. The SMILES string of the molecule is CCc1ccc(-c2ccccc2)c([O-])c1-c1ccccc1.CCc1ccc(-c2ccccc2)c([O-])c1-c1ccccc1.[Zn+2]. The van der Waals surface area contributed by atoms with Gasteiger partial charge in [0.25, 0.3) is 0 Å². The van der Waals surface area contributed by atoms with Crippen molar-refractivity contribution in [3.05, 3.63) is 157 Å². The normalized spacial score (nSPS) is 10.3. The summed E-state index contributed by atoms with van der Waals surface area (Å²) in [5.41, 5.74) is 9.35. The minimum absolute atomic E-state index is 0. The van der Waals surface area contributed by atoms with Crippen molar-refractivity contribution >= 4 is 0 Å². The van der Waals surface area contributed by atoms with Gasteiger partial charge in [0.15, 0.2) is 0 Å². The summed E-state index contributed by atoms with van der Waals surface area (Å²) in [5, 5.41) is 25.9. The minimum atomic E-state index is 0. The number of benzene rings is 6. The van der Waals surface area contributed by atoms with E-state index in [9.17, 15) is 10.2 Å². The van der Waals surface area contributed by atoms with Gasteiger partial charge in [0.05, 0.1) is 0 Å². The second-order valence-electron chi connectivity index (χ2n) is 10.1. The van der Waals surface area contributed by atoms with E-state index in [2.05, 4.69) is 26.0 Å². The molecule has 3 heteroatoms. The Morgan fingerprint density at radius 2 is 0.651 bits per heavy atom. The van der Waals surface area contributed by atoms with Crippen LogP contribution in [0, 0.1) is 0 Å². The second-order valence-corrected chi connectivity index (χ2v) is 10.1. The van der Waals surface area contributed by atoms with Crippen molar-refractivity contribution in [2.24, 2.45) is 0 Å². The van der Waals surface area contributed by atoms with Crippen LogP contribution in [-0.4, -0.2) is 0 Å². The molecule has 0 radical (unpaired) electrons. The van der Waals surface area contributed by atoms with Crippen LogP contribution in [0.4, 0.5) is 0 Å². The molecule has 0 fully saturated rings. The van der Waals surface area contributed by atoms with Gasteiger partial charge < -0.3 is 10.2 Å². The molecule has 0 aromatic heterocycles. The Bertz CT molecular complexity index is 1600. The first kappa shape index (κ1) is 31.5. The fraction of sp³-hybridized carbons (Fsp3) is 0.100. The maximum atomic E-state index is 12.9. The van der Waals surface area contributed by atoms with Gasteiger partial charge in [0.2, 0.25) is 0 Å². The van der Waals surface area contributed by atoms with Gasteiger partial charge in [-0.3, -0.25) is 0 Å². The average molecular weight is 612 g/mol. The third kappa shape index (κ3) is 7.13. The molecule has 0 aliphatic rings. The topological polar surface area (TPSA) is 46.1 Å². The maximum absolute atomic E-state index is 12.9. The van der Waals surface area contributed by atoms with Crippen LogP contribution in [0.5, 0.6) is 11.5 Å². The van der Waals surface area contributed by atoms with Crippen molar-refractivity contribution in [3.63, 3.8) is 0 Å². The van der Waals surface area contributed by atoms with Gasteiger partial charge in [0.1, 0.15) is 0 Å². The summed E-state index contributed by atoms with van der Waals surface area (Å²) < 4.78 is 0. The molecule has 208 valence electrons. The standard InChI is InChI=1S/2C20H18O.Zn/c2*1-2-15-13-14-18(16-9-5-3-6-10-16)20(21)19(15)17-11-7-4-8-12-17;/h2*3-14,21H,2H2,1H3;/q;;+2/p-2. The molecule has 0 amide bonds. The summed E-state index contributed by atoms with van der Waals surface area (Å²) >= 11 is 0. The van der Waals surface area contributed by atoms with E-state index in [1.54, 1.807) is 0 Å². The summed E-state index contributed by atoms with van der Waals surface area (Å²) in [6, 6.07) is 47.6. The average Bonchev–Trinajstić information content (AvgIpc) is 3.06. The monoisotopic (exact) mass is 610 g/mol. The van der Waals surface area contributed by atoms with E-state index in [1.807, 2.05) is 133 Å². The van der Waals surface area contributed by atoms with Gasteiger partial charge in [-0.2, -0.15) is 0 Å². The van der Waals surface area contributed by atoms with Crippen molar-refractivity contribution in [1.82, 2.24) is 0 Å². The summed E-state index contributed by atoms with van der Waals surface area (Å²) in [7, 11) is 0. The summed E-state index contributed by atoms with van der Waals surface area (Å²) in [6.45, 7) is 4.17. The quantitative estimate of drug-likeness (QED) is 0.176. The Morgan fingerprint density at radius 1 is 0.372 bits per heavy atom. The minimum Gasteiger partial charge on any atom is -0.872 e. The van der Waals surface area contributed by atoms with Crippen LogP contribution in [0.1, 0.15) is 25.0 Å². The van der Waals surface area contributed by atoms with Crippen LogP contribution >= 0.6 is 0 Å². The molecule has 0 saturated heterocycles. The molecule has 0 atom stereocenters. The Hall–Kier alpha value is -4.46. The van der Waals surface area contributed by atoms with Crippen molar-refractivity contribution in [3.8, 4) is 56.0 Å². The zero-order valence-corrected chi connectivity index (χ0v) is 27.8. The van der Waals surface area contributed by atoms with Gasteiger partial charge in [-0.05, 0) is 68.5 Å². The molecular weight excluding hydrogens is 578 g/mol. The molecule has 43 heavy (non-hydrogen) atoms. The molecule has 0 aliphatic carbocycles. The van der Waals surface area contributed by atoms with Crippen LogP contribution < -0.4 is 10.2 Å². The molecule has 0 aliphatic heterocycles. The van der Waals surface area contributed by atoms with Crippen molar-refractivity contribution in [2.45, 2.75) is 26.7 Å². The number of rotatable bonds is 6. The Kier molecular flexibility index (Phi) is 11.1. The van der Waals surface area contributed by atoms with E-state index in [1.165, 1.54) is 0 Å². The Morgan fingerprint density at radius 3 is 0.930 bits per heavy atom. The van der Waals surface area contributed by atoms with Crippen LogP contribution in [0.25, 0.3) is 44.5 Å². The maximum Gasteiger partial charge on any atom is 2.00 e. The van der Waals surface area contributed by atoms with Gasteiger partial charge >= 0.3 is 19.5 Å². The first-order chi connectivity index (χ1) is 20.6. The molecule has 0 bridgehead atoms. The smallest absolute Gasteiger partial charge is 0.872 e. The van der Waals surface area contributed by atoms with Crippen LogP contribution in [-0.2, 0) is 32.3 Å². The molecule has 2 nitrogen and oxygen atoms in total. The fourth-order valence-electron chi connectivity index (χ4n) is 5.37. The van der Waals surface area contributed by atoms with Gasteiger partial charge in [-0.25, -0.2) is 0 Å². The van der Waals surface area contributed by atoms with E-state index in [4.69, 9.17) is 0 Å². The third-order valence-electron chi connectivity index (χ3n) is 7.54. The molecule has 6 aromatic rings. The molecule has 0 spiro atoms. The van der Waals surface area contributed by atoms with Crippen molar-refractivity contribution in [1.29, 1.82) is 0 Å². The van der Waals surface area contributed by atoms with E-state index in [0.717, 1.165) is 68.5 Å². The molecule has 0 saturated carbocycles. The first-order valence-corrected chi connectivity index (χ1v) is 14.5. The number of aryl methyl sites for hydroxylation is 2. The van der Waals surface area contributed by atoms with E-state index in [-0.39, 0.29) is 31.0 Å². The van der Waals surface area contributed by atoms with E-state index in [0.29, 0.717) is 0 Å². The molecule has 0 N–H and O–H groups in total.